The maximum atomic E-state index is 10.7. The van der Waals surface area contributed by atoms with Crippen LogP contribution in [-0.2, 0) is 9.59 Å². The number of rotatable bonds is 1. The Labute approximate surface area is 59.0 Å². The molecule has 2 atom stereocenters. The van der Waals surface area contributed by atoms with Crippen LogP contribution in [0.1, 0.15) is 19.8 Å². The topological polar surface area (TPSA) is 54.4 Å². The summed E-state index contributed by atoms with van der Waals surface area (Å²) in [6, 6.07) is 0. The number of carboxylic acid groups (broad SMARTS) is 1. The Morgan fingerprint density at radius 1 is 1.60 bits per heavy atom. The number of hydrogen-bond donors (Lipinski definition) is 1. The number of carbonyl (C=O) groups is 2. The first kappa shape index (κ1) is 7.25. The molecule has 0 spiro atoms. The minimum absolute atomic E-state index is 0.0324. The molecule has 1 N–H and O–H groups in total. The smallest absolute Gasteiger partial charge is 0.307 e. The van der Waals surface area contributed by atoms with E-state index in [0.717, 1.165) is 0 Å². The largest absolute Gasteiger partial charge is 0.481 e. The lowest BCUT2D eigenvalue weighted by Crippen LogP contribution is -2.15. The van der Waals surface area contributed by atoms with Crippen molar-refractivity contribution in [3.8, 4) is 0 Å². The first-order valence-electron chi connectivity index (χ1n) is 3.35. The quantitative estimate of drug-likeness (QED) is 0.586. The zero-order chi connectivity index (χ0) is 7.72. The third-order valence-corrected chi connectivity index (χ3v) is 2.00. The molecule has 1 aliphatic carbocycles. The fourth-order valence-corrected chi connectivity index (χ4v) is 1.36. The van der Waals surface area contributed by atoms with E-state index >= 15 is 0 Å². The highest BCUT2D eigenvalue weighted by Crippen LogP contribution is 2.28. The van der Waals surface area contributed by atoms with E-state index in [-0.39, 0.29) is 18.1 Å². The Bertz CT molecular complexity index is 174. The normalized spacial score (nSPS) is 32.7. The lowest BCUT2D eigenvalue weighted by atomic mass is 9.99. The number of carboxylic acids is 1. The molecular formula is C7H10O3. The third-order valence-electron chi connectivity index (χ3n) is 2.00. The number of carbonyl (C=O) groups excluding carboxylic acids is 1. The predicted octanol–water partition coefficient (Wildman–Crippen LogP) is 0.686. The third kappa shape index (κ3) is 1.17. The molecule has 1 aliphatic rings. The van der Waals surface area contributed by atoms with Gasteiger partial charge in [0.25, 0.3) is 0 Å². The molecule has 0 bridgehead atoms. The van der Waals surface area contributed by atoms with Crippen molar-refractivity contribution in [2.75, 3.05) is 0 Å². The van der Waals surface area contributed by atoms with Gasteiger partial charge in [-0.3, -0.25) is 9.59 Å². The summed E-state index contributed by atoms with van der Waals surface area (Å²) in [7, 11) is 0. The lowest BCUT2D eigenvalue weighted by molar-refractivity contribution is -0.143. The van der Waals surface area contributed by atoms with Gasteiger partial charge in [-0.1, -0.05) is 6.92 Å². The number of ketones is 1. The first-order chi connectivity index (χ1) is 4.61. The van der Waals surface area contributed by atoms with Gasteiger partial charge < -0.3 is 5.11 Å². The molecule has 1 fully saturated rings. The second-order valence-corrected chi connectivity index (χ2v) is 2.87. The Hall–Kier alpha value is -0.860. The Balaban J connectivity index is 2.63. The van der Waals surface area contributed by atoms with Crippen LogP contribution < -0.4 is 0 Å². The van der Waals surface area contributed by atoms with Gasteiger partial charge in [0.15, 0.2) is 0 Å². The first-order valence-corrected chi connectivity index (χ1v) is 3.35. The van der Waals surface area contributed by atoms with Crippen molar-refractivity contribution in [1.82, 2.24) is 0 Å². The fourth-order valence-electron chi connectivity index (χ4n) is 1.36. The number of hydrogen-bond acceptors (Lipinski definition) is 2. The molecule has 0 aromatic heterocycles. The Kier molecular flexibility index (Phi) is 1.74. The molecule has 0 aromatic rings. The van der Waals surface area contributed by atoms with Crippen molar-refractivity contribution >= 4 is 11.8 Å². The van der Waals surface area contributed by atoms with Gasteiger partial charge in [-0.2, -0.15) is 0 Å². The van der Waals surface area contributed by atoms with Crippen molar-refractivity contribution in [1.29, 1.82) is 0 Å². The molecule has 1 saturated carbocycles. The fraction of sp³-hybridized carbons (Fsp3) is 0.714. The molecule has 10 heavy (non-hydrogen) atoms. The van der Waals surface area contributed by atoms with Gasteiger partial charge in [-0.05, 0) is 5.92 Å². The highest BCUT2D eigenvalue weighted by Gasteiger charge is 2.34. The summed E-state index contributed by atoms with van der Waals surface area (Å²) in [4.78, 5) is 21.1. The average Bonchev–Trinajstić information content (AvgIpc) is 2.10. The summed E-state index contributed by atoms with van der Waals surface area (Å²) >= 11 is 0. The SMILES string of the molecule is C[C@@H]1CC(=O)C[C@@H]1C(=O)O. The highest BCUT2D eigenvalue weighted by atomic mass is 16.4. The van der Waals surface area contributed by atoms with E-state index in [4.69, 9.17) is 5.11 Å². The summed E-state index contributed by atoms with van der Waals surface area (Å²) in [6.45, 7) is 1.81. The van der Waals surface area contributed by atoms with Crippen LogP contribution in [0.25, 0.3) is 0 Å². The monoisotopic (exact) mass is 142 g/mol. The van der Waals surface area contributed by atoms with Crippen LogP contribution in [-0.4, -0.2) is 16.9 Å². The van der Waals surface area contributed by atoms with Gasteiger partial charge in [0.05, 0.1) is 5.92 Å². The van der Waals surface area contributed by atoms with Crippen molar-refractivity contribution in [2.24, 2.45) is 11.8 Å². The number of aliphatic carboxylic acids is 1. The highest BCUT2D eigenvalue weighted by molar-refractivity contribution is 5.87. The van der Waals surface area contributed by atoms with E-state index in [1.165, 1.54) is 0 Å². The van der Waals surface area contributed by atoms with Crippen LogP contribution in [0.3, 0.4) is 0 Å². The molecule has 0 radical (unpaired) electrons. The molecule has 56 valence electrons. The van der Waals surface area contributed by atoms with E-state index in [2.05, 4.69) is 0 Å². The number of Topliss-reactive ketones (excluding diaryl/α,β-unsaturated/α-hetero) is 1. The van der Waals surface area contributed by atoms with Gasteiger partial charge in [0, 0.05) is 12.8 Å². The molecule has 0 aromatic carbocycles. The maximum absolute atomic E-state index is 10.7. The van der Waals surface area contributed by atoms with Crippen LogP contribution in [0.2, 0.25) is 0 Å². The summed E-state index contributed by atoms with van der Waals surface area (Å²) < 4.78 is 0. The van der Waals surface area contributed by atoms with E-state index in [1.807, 2.05) is 6.92 Å². The van der Waals surface area contributed by atoms with Crippen LogP contribution >= 0.6 is 0 Å². The zero-order valence-corrected chi connectivity index (χ0v) is 5.83. The van der Waals surface area contributed by atoms with Gasteiger partial charge >= 0.3 is 5.97 Å². The van der Waals surface area contributed by atoms with Gasteiger partial charge in [-0.25, -0.2) is 0 Å². The summed E-state index contributed by atoms with van der Waals surface area (Å²) in [5.41, 5.74) is 0. The van der Waals surface area contributed by atoms with Crippen molar-refractivity contribution in [3.05, 3.63) is 0 Å². The van der Waals surface area contributed by atoms with Gasteiger partial charge in [-0.15, -0.1) is 0 Å². The molecule has 0 saturated heterocycles. The standard InChI is InChI=1S/C7H10O3/c1-4-2-5(8)3-6(4)7(9)10/h4,6H,2-3H2,1H3,(H,9,10)/t4-,6+/m1/s1. The second-order valence-electron chi connectivity index (χ2n) is 2.87. The van der Waals surface area contributed by atoms with E-state index < -0.39 is 11.9 Å². The molecule has 0 aliphatic heterocycles. The summed E-state index contributed by atoms with van der Waals surface area (Å²) in [5, 5.41) is 8.55. The molecule has 0 unspecified atom stereocenters. The van der Waals surface area contributed by atoms with E-state index in [0.29, 0.717) is 6.42 Å². The Morgan fingerprint density at radius 2 is 2.20 bits per heavy atom. The van der Waals surface area contributed by atoms with Crippen LogP contribution in [0.4, 0.5) is 0 Å². The minimum atomic E-state index is -0.835. The van der Waals surface area contributed by atoms with Crippen LogP contribution in [0.5, 0.6) is 0 Å². The van der Waals surface area contributed by atoms with Gasteiger partial charge in [0.1, 0.15) is 5.78 Å². The predicted molar refractivity (Wildman–Crippen MR) is 34.5 cm³/mol. The van der Waals surface area contributed by atoms with E-state index in [9.17, 15) is 9.59 Å². The van der Waals surface area contributed by atoms with Crippen molar-refractivity contribution in [2.45, 2.75) is 19.8 Å². The van der Waals surface area contributed by atoms with E-state index in [1.54, 1.807) is 0 Å². The van der Waals surface area contributed by atoms with Crippen molar-refractivity contribution in [3.63, 3.8) is 0 Å². The molecule has 0 amide bonds. The lowest BCUT2D eigenvalue weighted by Gasteiger charge is -2.06. The van der Waals surface area contributed by atoms with Gasteiger partial charge in [0.2, 0.25) is 0 Å². The minimum Gasteiger partial charge on any atom is -0.481 e. The zero-order valence-electron chi connectivity index (χ0n) is 5.83. The maximum Gasteiger partial charge on any atom is 0.307 e. The summed E-state index contributed by atoms with van der Waals surface area (Å²) in [5.74, 6) is -1.14. The molecule has 3 heteroatoms. The molecule has 1 rings (SSSR count). The molecule has 0 heterocycles. The molecular weight excluding hydrogens is 132 g/mol. The van der Waals surface area contributed by atoms with Crippen LogP contribution in [0, 0.1) is 11.8 Å². The average molecular weight is 142 g/mol. The Morgan fingerprint density at radius 3 is 2.40 bits per heavy atom. The van der Waals surface area contributed by atoms with Crippen molar-refractivity contribution < 1.29 is 14.7 Å². The molecule has 3 nitrogen and oxygen atoms in total. The van der Waals surface area contributed by atoms with Crippen LogP contribution in [0.15, 0.2) is 0 Å². The summed E-state index contributed by atoms with van der Waals surface area (Å²) in [6.07, 6.45) is 0.674. The second kappa shape index (κ2) is 2.40.